The average Bonchev–Trinajstić information content (AvgIpc) is 3.14. The third-order valence-corrected chi connectivity index (χ3v) is 4.68. The van der Waals surface area contributed by atoms with Crippen molar-refractivity contribution in [3.05, 3.63) is 48.0 Å². The summed E-state index contributed by atoms with van der Waals surface area (Å²) in [6.07, 6.45) is 0. The molecule has 148 valence electrons. The predicted molar refractivity (Wildman–Crippen MR) is 110 cm³/mol. The highest BCUT2D eigenvalue weighted by molar-refractivity contribution is 5.60. The third kappa shape index (κ3) is 3.93. The van der Waals surface area contributed by atoms with Crippen LogP contribution in [0, 0.1) is 11.3 Å². The van der Waals surface area contributed by atoms with E-state index in [2.05, 4.69) is 38.5 Å². The Morgan fingerprint density at radius 2 is 1.86 bits per heavy atom. The van der Waals surface area contributed by atoms with E-state index >= 15 is 0 Å². The van der Waals surface area contributed by atoms with Crippen molar-refractivity contribution in [1.29, 1.82) is 5.26 Å². The minimum atomic E-state index is 0.214. The number of nitrogens with one attached hydrogen (secondary N) is 1. The first-order valence-corrected chi connectivity index (χ1v) is 9.19. The Kier molecular flexibility index (Phi) is 5.18. The van der Waals surface area contributed by atoms with Gasteiger partial charge >= 0.3 is 0 Å². The van der Waals surface area contributed by atoms with E-state index in [0.29, 0.717) is 22.9 Å². The molecule has 3 aromatic rings. The zero-order valence-corrected chi connectivity index (χ0v) is 16.0. The Hall–Kier alpha value is -3.77. The van der Waals surface area contributed by atoms with Gasteiger partial charge in [0, 0.05) is 24.5 Å². The van der Waals surface area contributed by atoms with Crippen molar-refractivity contribution in [3.63, 3.8) is 0 Å². The Morgan fingerprint density at radius 3 is 2.55 bits per heavy atom. The molecule has 0 amide bonds. The minimum absolute atomic E-state index is 0.214. The van der Waals surface area contributed by atoms with Gasteiger partial charge in [-0.05, 0) is 42.5 Å². The molecule has 9 heteroatoms. The molecule has 0 atom stereocenters. The van der Waals surface area contributed by atoms with Crippen molar-refractivity contribution in [2.75, 3.05) is 49.4 Å². The Bertz CT molecular complexity index is 1030. The van der Waals surface area contributed by atoms with E-state index in [-0.39, 0.29) is 5.95 Å². The van der Waals surface area contributed by atoms with Crippen LogP contribution in [0.4, 0.5) is 23.3 Å². The summed E-state index contributed by atoms with van der Waals surface area (Å²) in [4.78, 5) is 6.56. The van der Waals surface area contributed by atoms with Crippen molar-refractivity contribution in [1.82, 2.24) is 14.8 Å². The van der Waals surface area contributed by atoms with E-state index in [4.69, 9.17) is 15.2 Å². The molecule has 0 aliphatic carbocycles. The number of ether oxygens (including phenoxy) is 2. The zero-order chi connectivity index (χ0) is 20.2. The van der Waals surface area contributed by atoms with E-state index in [1.807, 2.05) is 12.1 Å². The molecule has 0 unspecified atom stereocenters. The number of benzene rings is 2. The summed E-state index contributed by atoms with van der Waals surface area (Å²) in [5.74, 6) is 1.08. The predicted octanol–water partition coefficient (Wildman–Crippen LogP) is 2.31. The number of nitrogen functional groups attached to an aromatic ring is 1. The normalized spacial score (nSPS) is 13.7. The number of rotatable bonds is 5. The quantitative estimate of drug-likeness (QED) is 0.681. The van der Waals surface area contributed by atoms with E-state index in [0.717, 1.165) is 37.7 Å². The molecule has 0 saturated carbocycles. The highest BCUT2D eigenvalue weighted by Crippen LogP contribution is 2.24. The molecular formula is C20H21N7O2. The molecule has 1 aliphatic rings. The van der Waals surface area contributed by atoms with Crippen LogP contribution in [0.2, 0.25) is 0 Å². The number of anilines is 4. The number of aromatic nitrogens is 3. The van der Waals surface area contributed by atoms with Crippen LogP contribution in [-0.4, -0.2) is 48.2 Å². The minimum Gasteiger partial charge on any atom is -0.495 e. The zero-order valence-electron chi connectivity index (χ0n) is 16.0. The second-order valence-corrected chi connectivity index (χ2v) is 6.47. The molecule has 1 saturated heterocycles. The van der Waals surface area contributed by atoms with Crippen molar-refractivity contribution >= 4 is 23.3 Å². The summed E-state index contributed by atoms with van der Waals surface area (Å²) in [5.41, 5.74) is 9.06. The van der Waals surface area contributed by atoms with Gasteiger partial charge in [-0.15, -0.1) is 5.10 Å². The number of methoxy groups -OCH3 is 1. The monoisotopic (exact) mass is 391 g/mol. The van der Waals surface area contributed by atoms with Crippen LogP contribution in [0.1, 0.15) is 5.56 Å². The van der Waals surface area contributed by atoms with Crippen LogP contribution in [0.25, 0.3) is 5.69 Å². The first-order valence-electron chi connectivity index (χ1n) is 9.19. The molecule has 2 aromatic carbocycles. The number of hydrogen-bond donors (Lipinski definition) is 2. The van der Waals surface area contributed by atoms with E-state index in [1.165, 1.54) is 11.8 Å². The van der Waals surface area contributed by atoms with Crippen LogP contribution in [-0.2, 0) is 4.74 Å². The average molecular weight is 391 g/mol. The van der Waals surface area contributed by atoms with Gasteiger partial charge in [-0.3, -0.25) is 0 Å². The fourth-order valence-corrected chi connectivity index (χ4v) is 3.19. The van der Waals surface area contributed by atoms with Gasteiger partial charge in [0.1, 0.15) is 11.8 Å². The van der Waals surface area contributed by atoms with Crippen LogP contribution in [0.15, 0.2) is 42.5 Å². The fraction of sp³-hybridized carbons (Fsp3) is 0.250. The van der Waals surface area contributed by atoms with Crippen molar-refractivity contribution in [2.45, 2.75) is 0 Å². The number of morpholine rings is 1. The summed E-state index contributed by atoms with van der Waals surface area (Å²) in [6, 6.07) is 15.3. The second-order valence-electron chi connectivity index (χ2n) is 6.47. The van der Waals surface area contributed by atoms with Crippen LogP contribution in [0.3, 0.4) is 0 Å². The smallest absolute Gasteiger partial charge is 0.248 e. The Labute approximate surface area is 168 Å². The van der Waals surface area contributed by atoms with Gasteiger partial charge < -0.3 is 25.4 Å². The lowest BCUT2D eigenvalue weighted by Gasteiger charge is -2.28. The van der Waals surface area contributed by atoms with E-state index in [1.54, 1.807) is 18.2 Å². The Balaban J connectivity index is 1.52. The first kappa shape index (κ1) is 18.6. The first-order chi connectivity index (χ1) is 14.2. The molecule has 9 nitrogen and oxygen atoms in total. The van der Waals surface area contributed by atoms with Crippen molar-refractivity contribution < 1.29 is 9.47 Å². The van der Waals surface area contributed by atoms with Gasteiger partial charge in [0.05, 0.1) is 31.6 Å². The molecule has 3 N–H and O–H groups in total. The van der Waals surface area contributed by atoms with E-state index in [9.17, 15) is 5.26 Å². The van der Waals surface area contributed by atoms with Crippen LogP contribution < -0.4 is 20.7 Å². The van der Waals surface area contributed by atoms with Gasteiger partial charge in [-0.25, -0.2) is 0 Å². The summed E-state index contributed by atoms with van der Waals surface area (Å²) in [6.45, 7) is 3.28. The summed E-state index contributed by atoms with van der Waals surface area (Å²) < 4.78 is 12.0. The van der Waals surface area contributed by atoms with Gasteiger partial charge in [0.2, 0.25) is 11.9 Å². The van der Waals surface area contributed by atoms with Crippen molar-refractivity contribution in [2.24, 2.45) is 0 Å². The van der Waals surface area contributed by atoms with Gasteiger partial charge in [0.25, 0.3) is 0 Å². The lowest BCUT2D eigenvalue weighted by atomic mass is 10.2. The maximum Gasteiger partial charge on any atom is 0.248 e. The molecular weight excluding hydrogens is 370 g/mol. The third-order valence-electron chi connectivity index (χ3n) is 4.68. The van der Waals surface area contributed by atoms with Crippen molar-refractivity contribution in [3.8, 4) is 17.5 Å². The Morgan fingerprint density at radius 1 is 1.14 bits per heavy atom. The molecule has 1 aliphatic heterocycles. The molecule has 2 heterocycles. The lowest BCUT2D eigenvalue weighted by Crippen LogP contribution is -2.36. The number of nitrogens with zero attached hydrogens (tertiary/aromatic N) is 5. The fourth-order valence-electron chi connectivity index (χ4n) is 3.19. The molecule has 29 heavy (non-hydrogen) atoms. The summed E-state index contributed by atoms with van der Waals surface area (Å²) in [7, 11) is 1.52. The van der Waals surface area contributed by atoms with Crippen LogP contribution >= 0.6 is 0 Å². The number of nitrogens with two attached hydrogens (primary N) is 1. The highest BCUT2D eigenvalue weighted by Gasteiger charge is 2.13. The summed E-state index contributed by atoms with van der Waals surface area (Å²) in [5, 5.41) is 16.8. The molecule has 0 spiro atoms. The largest absolute Gasteiger partial charge is 0.495 e. The standard InChI is InChI=1S/C20H21N7O2/c1-28-18-7-6-17(12-14(18)13-21)27-19(22)24-20(25-27)23-15-2-4-16(5-3-15)26-8-10-29-11-9-26/h2-7,12H,8-11H2,1H3,(H3,22,23,24,25). The lowest BCUT2D eigenvalue weighted by molar-refractivity contribution is 0.122. The van der Waals surface area contributed by atoms with E-state index < -0.39 is 0 Å². The SMILES string of the molecule is COc1ccc(-n2nc(Nc3ccc(N4CCOCC4)cc3)nc2N)cc1C#N. The number of nitriles is 1. The highest BCUT2D eigenvalue weighted by atomic mass is 16.5. The maximum atomic E-state index is 9.28. The summed E-state index contributed by atoms with van der Waals surface area (Å²) >= 11 is 0. The molecule has 1 aromatic heterocycles. The topological polar surface area (TPSA) is 114 Å². The molecule has 4 rings (SSSR count). The van der Waals surface area contributed by atoms with Gasteiger partial charge in [-0.2, -0.15) is 14.9 Å². The molecule has 1 fully saturated rings. The van der Waals surface area contributed by atoms with Gasteiger partial charge in [-0.1, -0.05) is 0 Å². The van der Waals surface area contributed by atoms with Gasteiger partial charge in [0.15, 0.2) is 0 Å². The molecule has 0 radical (unpaired) electrons. The number of hydrogen-bond acceptors (Lipinski definition) is 8. The second kappa shape index (κ2) is 8.08. The molecule has 0 bridgehead atoms. The maximum absolute atomic E-state index is 9.28. The van der Waals surface area contributed by atoms with Crippen LogP contribution in [0.5, 0.6) is 5.75 Å².